The number of aliphatic carboxylic acids is 2. The van der Waals surface area contributed by atoms with Crippen molar-refractivity contribution in [2.45, 2.75) is 128 Å². The highest BCUT2D eigenvalue weighted by molar-refractivity contribution is 5.98. The SMILES string of the molecule is CCC(C)C(NC(=O)C(Cc1ccc(O)cc1)NC(=O)C(NC(=O)C(CCCN=C(N)N)NC(=O)C(N)CC(=O)O)C(C)C)C(=O)NC(Cc1cnc[nH]1)C(=O)NC(C)C(=O)NC(Cc1ccccc1)C(=O)O. The van der Waals surface area contributed by atoms with Gasteiger partial charge in [0.05, 0.1) is 18.8 Å². The summed E-state index contributed by atoms with van der Waals surface area (Å²) in [6.07, 6.45) is 2.11. The third-order valence-corrected chi connectivity index (χ3v) is 11.6. The molecule has 0 bridgehead atoms. The van der Waals surface area contributed by atoms with Gasteiger partial charge in [-0.2, -0.15) is 0 Å². The van der Waals surface area contributed by atoms with Gasteiger partial charge in [-0.3, -0.25) is 43.3 Å². The monoisotopic (exact) mass is 1020 g/mol. The smallest absolute Gasteiger partial charge is 0.326 e. The Morgan fingerprint density at radius 2 is 1.18 bits per heavy atom. The number of nitrogens with two attached hydrogens (primary N) is 3. The number of amides is 7. The Kier molecular flexibility index (Phi) is 23.8. The second-order valence-corrected chi connectivity index (χ2v) is 17.9. The number of aromatic hydroxyl groups is 1. The Labute approximate surface area is 422 Å². The van der Waals surface area contributed by atoms with Crippen LogP contribution in [0.3, 0.4) is 0 Å². The number of benzene rings is 2. The van der Waals surface area contributed by atoms with Gasteiger partial charge in [0, 0.05) is 37.7 Å². The fraction of sp³-hybridized carbons (Fsp3) is 0.479. The molecule has 9 unspecified atom stereocenters. The number of nitrogens with zero attached hydrogens (tertiary/aromatic N) is 2. The van der Waals surface area contributed by atoms with Gasteiger partial charge in [-0.1, -0.05) is 76.6 Å². The zero-order valence-electron chi connectivity index (χ0n) is 41.4. The maximum atomic E-state index is 14.5. The van der Waals surface area contributed by atoms with Crippen molar-refractivity contribution in [3.63, 3.8) is 0 Å². The van der Waals surface area contributed by atoms with Gasteiger partial charge < -0.3 is 74.7 Å². The number of carboxylic acid groups (broad SMARTS) is 2. The summed E-state index contributed by atoms with van der Waals surface area (Å²) in [6, 6.07) is 3.46. The number of carboxylic acids is 2. The van der Waals surface area contributed by atoms with Crippen molar-refractivity contribution in [3.8, 4) is 5.75 Å². The van der Waals surface area contributed by atoms with Crippen LogP contribution in [-0.2, 0) is 62.4 Å². The molecule has 0 aliphatic carbocycles. The number of aliphatic imine (C=N–C) groups is 1. The van der Waals surface area contributed by atoms with E-state index in [1.54, 1.807) is 58.0 Å². The van der Waals surface area contributed by atoms with Crippen molar-refractivity contribution in [2.75, 3.05) is 6.54 Å². The Morgan fingerprint density at radius 3 is 1.74 bits per heavy atom. The topological polar surface area (TPSA) is 418 Å². The predicted octanol–water partition coefficient (Wildman–Crippen LogP) is -1.80. The molecule has 9 atom stereocenters. The maximum absolute atomic E-state index is 14.5. The largest absolute Gasteiger partial charge is 0.508 e. The normalized spacial score (nSPS) is 14.7. The number of phenolic OH excluding ortho intramolecular Hbond substituents is 1. The number of hydrogen-bond acceptors (Lipinski definition) is 13. The molecule has 17 N–H and O–H groups in total. The summed E-state index contributed by atoms with van der Waals surface area (Å²) >= 11 is 0. The minimum atomic E-state index is -1.51. The minimum absolute atomic E-state index is 0.0299. The van der Waals surface area contributed by atoms with E-state index in [0.29, 0.717) is 23.2 Å². The highest BCUT2D eigenvalue weighted by Crippen LogP contribution is 2.15. The van der Waals surface area contributed by atoms with Crippen LogP contribution in [0.25, 0.3) is 0 Å². The summed E-state index contributed by atoms with van der Waals surface area (Å²) in [5, 5.41) is 47.1. The maximum Gasteiger partial charge on any atom is 0.326 e. The van der Waals surface area contributed by atoms with Crippen LogP contribution in [0.1, 0.15) is 77.1 Å². The van der Waals surface area contributed by atoms with Crippen LogP contribution >= 0.6 is 0 Å². The lowest BCUT2D eigenvalue weighted by Crippen LogP contribution is -2.62. The van der Waals surface area contributed by atoms with E-state index in [9.17, 15) is 53.4 Å². The van der Waals surface area contributed by atoms with Crippen molar-refractivity contribution >= 4 is 59.2 Å². The number of carbonyl (C=O) groups excluding carboxylic acids is 7. The summed E-state index contributed by atoms with van der Waals surface area (Å²) in [5.74, 6) is -10.1. The molecule has 0 radical (unpaired) electrons. The van der Waals surface area contributed by atoms with Crippen molar-refractivity contribution in [2.24, 2.45) is 34.0 Å². The molecule has 0 saturated heterocycles. The zero-order chi connectivity index (χ0) is 54.4. The fourth-order valence-electron chi connectivity index (χ4n) is 7.23. The number of nitrogens with one attached hydrogen (secondary N) is 8. The molecule has 0 saturated carbocycles. The van der Waals surface area contributed by atoms with Crippen LogP contribution < -0.4 is 54.4 Å². The Morgan fingerprint density at radius 1 is 0.644 bits per heavy atom. The summed E-state index contributed by atoms with van der Waals surface area (Å²) in [4.78, 5) is 131. The second-order valence-electron chi connectivity index (χ2n) is 17.9. The van der Waals surface area contributed by atoms with Crippen molar-refractivity contribution < 1.29 is 58.5 Å². The molecule has 25 heteroatoms. The molecular formula is C48H69N13O12. The van der Waals surface area contributed by atoms with Gasteiger partial charge >= 0.3 is 11.9 Å². The van der Waals surface area contributed by atoms with Crippen LogP contribution in [0.15, 0.2) is 72.1 Å². The van der Waals surface area contributed by atoms with Crippen LogP contribution in [-0.4, -0.2) is 139 Å². The van der Waals surface area contributed by atoms with Gasteiger partial charge in [-0.25, -0.2) is 9.78 Å². The first kappa shape index (κ1) is 59.2. The molecule has 0 aliphatic rings. The number of hydrogen-bond donors (Lipinski definition) is 14. The molecule has 7 amide bonds. The van der Waals surface area contributed by atoms with Crippen molar-refractivity contribution in [1.29, 1.82) is 0 Å². The molecule has 3 aromatic rings. The number of aromatic nitrogens is 2. The fourth-order valence-corrected chi connectivity index (χ4v) is 7.23. The van der Waals surface area contributed by atoms with Crippen LogP contribution in [0.5, 0.6) is 5.75 Å². The Hall–Kier alpha value is -8.09. The van der Waals surface area contributed by atoms with Crippen LogP contribution in [0.4, 0.5) is 0 Å². The second kappa shape index (κ2) is 29.3. The third-order valence-electron chi connectivity index (χ3n) is 11.6. The molecule has 0 fully saturated rings. The van der Waals surface area contributed by atoms with E-state index < -0.39 is 120 Å². The first-order valence-electron chi connectivity index (χ1n) is 23.7. The number of phenols is 1. The molecule has 0 aliphatic heterocycles. The van der Waals surface area contributed by atoms with Crippen molar-refractivity contribution in [1.82, 2.24) is 47.2 Å². The van der Waals surface area contributed by atoms with E-state index in [-0.39, 0.29) is 50.4 Å². The molecule has 0 spiro atoms. The predicted molar refractivity (Wildman–Crippen MR) is 266 cm³/mol. The van der Waals surface area contributed by atoms with E-state index in [2.05, 4.69) is 52.2 Å². The number of imidazole rings is 1. The van der Waals surface area contributed by atoms with Crippen molar-refractivity contribution in [3.05, 3.63) is 83.9 Å². The van der Waals surface area contributed by atoms with Gasteiger partial charge in [-0.15, -0.1) is 0 Å². The lowest BCUT2D eigenvalue weighted by Gasteiger charge is -2.30. The summed E-state index contributed by atoms with van der Waals surface area (Å²) in [7, 11) is 0. The van der Waals surface area contributed by atoms with E-state index >= 15 is 0 Å². The van der Waals surface area contributed by atoms with E-state index in [4.69, 9.17) is 22.3 Å². The Bertz CT molecular complexity index is 2360. The number of guanidine groups is 1. The highest BCUT2D eigenvalue weighted by atomic mass is 16.4. The minimum Gasteiger partial charge on any atom is -0.508 e. The molecule has 398 valence electrons. The standard InChI is InChI=1S/C48H69N13O12/c1-6-26(4)39(46(71)58-35(21-30-23-52-24-54-30)43(68)55-27(5)40(65)59-36(47(72)73)20-28-11-8-7-9-12-28)61-44(69)34(19-29-14-16-31(62)17-15-29)57-45(70)38(25(2)3)60-42(67)33(13-10-18-53-48(50)51)56-41(66)32(49)22-37(63)64/h7-9,11-12,14-17,23-27,32-36,38-39,62H,6,10,13,18-22,49H2,1-5H3,(H,52,54)(H,55,68)(H,56,66)(H,57,70)(H,58,71)(H,59,65)(H,60,67)(H,61,69)(H,63,64)(H,72,73)(H4,50,51,53). The third kappa shape index (κ3) is 20.3. The highest BCUT2D eigenvalue weighted by Gasteiger charge is 2.36. The molecule has 3 rings (SSSR count). The van der Waals surface area contributed by atoms with Crippen LogP contribution in [0.2, 0.25) is 0 Å². The van der Waals surface area contributed by atoms with Gasteiger partial charge in [0.15, 0.2) is 5.96 Å². The van der Waals surface area contributed by atoms with E-state index in [1.165, 1.54) is 43.7 Å². The van der Waals surface area contributed by atoms with Gasteiger partial charge in [-0.05, 0) is 54.9 Å². The Balaban J connectivity index is 1.89. The van der Waals surface area contributed by atoms with E-state index in [1.807, 2.05) is 0 Å². The molecule has 1 aromatic heterocycles. The molecule has 1 heterocycles. The quantitative estimate of drug-likeness (QED) is 0.0199. The van der Waals surface area contributed by atoms with Gasteiger partial charge in [0.1, 0.15) is 48.0 Å². The van der Waals surface area contributed by atoms with E-state index in [0.717, 1.165) is 0 Å². The molecule has 2 aromatic carbocycles. The molecular weight excluding hydrogens is 951 g/mol. The number of carbonyl (C=O) groups is 9. The lowest BCUT2D eigenvalue weighted by atomic mass is 9.96. The molecule has 73 heavy (non-hydrogen) atoms. The van der Waals surface area contributed by atoms with Crippen LogP contribution in [0, 0.1) is 11.8 Å². The summed E-state index contributed by atoms with van der Waals surface area (Å²) < 4.78 is 0. The summed E-state index contributed by atoms with van der Waals surface area (Å²) in [5.41, 5.74) is 18.1. The zero-order valence-corrected chi connectivity index (χ0v) is 41.4. The average molecular weight is 1020 g/mol. The average Bonchev–Trinajstić information content (AvgIpc) is 3.85. The number of H-pyrrole nitrogens is 1. The van der Waals surface area contributed by atoms with Gasteiger partial charge in [0.2, 0.25) is 41.4 Å². The number of aromatic amines is 1. The summed E-state index contributed by atoms with van der Waals surface area (Å²) in [6.45, 7) is 8.06. The van der Waals surface area contributed by atoms with Gasteiger partial charge in [0.25, 0.3) is 0 Å². The number of rotatable bonds is 30. The lowest BCUT2D eigenvalue weighted by molar-refractivity contribution is -0.142. The first-order valence-corrected chi connectivity index (χ1v) is 23.7. The first-order chi connectivity index (χ1) is 34.5. The molecule has 25 nitrogen and oxygen atoms in total.